The van der Waals surface area contributed by atoms with Crippen LogP contribution in [0.4, 0.5) is 5.69 Å². The molecule has 0 spiro atoms. The van der Waals surface area contributed by atoms with Crippen LogP contribution in [0.3, 0.4) is 0 Å². The van der Waals surface area contributed by atoms with Gasteiger partial charge < -0.3 is 10.0 Å². The summed E-state index contributed by atoms with van der Waals surface area (Å²) in [6.45, 7) is 1.86. The molecule has 1 rings (SSSR count). The number of carbonyl (C=O) groups is 1. The van der Waals surface area contributed by atoms with E-state index in [1.807, 2.05) is 13.2 Å². The Morgan fingerprint density at radius 1 is 1.58 bits per heavy atom. The molecule has 1 atom stereocenters. The van der Waals surface area contributed by atoms with Crippen LogP contribution in [0.15, 0.2) is 18.2 Å². The van der Waals surface area contributed by atoms with E-state index < -0.39 is 10.8 Å². The molecule has 6 nitrogen and oxygen atoms in total. The van der Waals surface area contributed by atoms with Crippen molar-refractivity contribution in [3.63, 3.8) is 0 Å². The van der Waals surface area contributed by atoms with Gasteiger partial charge >= 0.3 is 0 Å². The molecule has 0 bridgehead atoms. The number of nitro groups is 1. The SMILES string of the molecule is CSCC(C)N(C)C(=O)c1cc(O)ccc1[N+](=O)[O-]. The monoisotopic (exact) mass is 284 g/mol. The number of phenolic OH excluding ortho intramolecular Hbond substituents is 1. The van der Waals surface area contributed by atoms with E-state index in [1.165, 1.54) is 11.0 Å². The van der Waals surface area contributed by atoms with E-state index in [0.29, 0.717) is 0 Å². The number of aromatic hydroxyl groups is 1. The van der Waals surface area contributed by atoms with E-state index in [0.717, 1.165) is 17.9 Å². The van der Waals surface area contributed by atoms with Crippen molar-refractivity contribution in [3.05, 3.63) is 33.9 Å². The van der Waals surface area contributed by atoms with Crippen molar-refractivity contribution in [2.24, 2.45) is 0 Å². The highest BCUT2D eigenvalue weighted by atomic mass is 32.2. The first-order valence-corrected chi connectivity index (χ1v) is 7.01. The summed E-state index contributed by atoms with van der Waals surface area (Å²) in [5.41, 5.74) is -0.397. The third kappa shape index (κ3) is 3.60. The van der Waals surface area contributed by atoms with Crippen LogP contribution in [0.1, 0.15) is 17.3 Å². The van der Waals surface area contributed by atoms with E-state index in [9.17, 15) is 20.0 Å². The Morgan fingerprint density at radius 2 is 2.21 bits per heavy atom. The lowest BCUT2D eigenvalue weighted by Gasteiger charge is -2.24. The summed E-state index contributed by atoms with van der Waals surface area (Å²) in [6.07, 6.45) is 1.92. The Balaban J connectivity index is 3.11. The molecule has 0 aliphatic carbocycles. The first-order chi connectivity index (χ1) is 8.88. The zero-order valence-electron chi connectivity index (χ0n) is 11.0. The quantitative estimate of drug-likeness (QED) is 0.661. The van der Waals surface area contributed by atoms with E-state index in [-0.39, 0.29) is 23.0 Å². The number of nitrogens with zero attached hydrogens (tertiary/aromatic N) is 2. The minimum atomic E-state index is -0.625. The number of carbonyl (C=O) groups excluding carboxylic acids is 1. The topological polar surface area (TPSA) is 83.7 Å². The van der Waals surface area contributed by atoms with Gasteiger partial charge in [-0.2, -0.15) is 11.8 Å². The van der Waals surface area contributed by atoms with Gasteiger partial charge in [0.2, 0.25) is 0 Å². The highest BCUT2D eigenvalue weighted by molar-refractivity contribution is 7.98. The van der Waals surface area contributed by atoms with Gasteiger partial charge in [-0.25, -0.2) is 0 Å². The fraction of sp³-hybridized carbons (Fsp3) is 0.417. The number of thioether (sulfide) groups is 1. The largest absolute Gasteiger partial charge is 0.508 e. The lowest BCUT2D eigenvalue weighted by atomic mass is 10.1. The average Bonchev–Trinajstić information content (AvgIpc) is 2.36. The molecular weight excluding hydrogens is 268 g/mol. The first-order valence-electron chi connectivity index (χ1n) is 5.62. The van der Waals surface area contributed by atoms with Crippen molar-refractivity contribution in [1.29, 1.82) is 0 Å². The molecule has 0 aromatic heterocycles. The zero-order chi connectivity index (χ0) is 14.6. The molecule has 19 heavy (non-hydrogen) atoms. The number of hydrogen-bond donors (Lipinski definition) is 1. The number of nitro benzene ring substituents is 1. The second-order valence-electron chi connectivity index (χ2n) is 4.18. The molecule has 0 heterocycles. The van der Waals surface area contributed by atoms with Gasteiger partial charge in [-0.05, 0) is 25.3 Å². The van der Waals surface area contributed by atoms with Crippen molar-refractivity contribution in [2.75, 3.05) is 19.1 Å². The summed E-state index contributed by atoms with van der Waals surface area (Å²) >= 11 is 1.59. The van der Waals surface area contributed by atoms with Crippen LogP contribution in [0.2, 0.25) is 0 Å². The van der Waals surface area contributed by atoms with Crippen LogP contribution in [-0.4, -0.2) is 45.9 Å². The van der Waals surface area contributed by atoms with Crippen LogP contribution in [-0.2, 0) is 0 Å². The smallest absolute Gasteiger partial charge is 0.282 e. The highest BCUT2D eigenvalue weighted by Crippen LogP contribution is 2.25. The molecule has 104 valence electrons. The fourth-order valence-electron chi connectivity index (χ4n) is 1.60. The second-order valence-corrected chi connectivity index (χ2v) is 5.09. The van der Waals surface area contributed by atoms with Crippen molar-refractivity contribution in [3.8, 4) is 5.75 Å². The van der Waals surface area contributed by atoms with Crippen LogP contribution < -0.4 is 0 Å². The number of amides is 1. The van der Waals surface area contributed by atoms with Gasteiger partial charge in [-0.15, -0.1) is 0 Å². The summed E-state index contributed by atoms with van der Waals surface area (Å²) in [5, 5.41) is 20.3. The minimum absolute atomic E-state index is 0.0514. The Labute approximate surface area is 115 Å². The summed E-state index contributed by atoms with van der Waals surface area (Å²) in [6, 6.07) is 3.41. The van der Waals surface area contributed by atoms with Crippen LogP contribution in [0.25, 0.3) is 0 Å². The van der Waals surface area contributed by atoms with Gasteiger partial charge in [0.15, 0.2) is 0 Å². The number of benzene rings is 1. The maximum Gasteiger partial charge on any atom is 0.282 e. The third-order valence-corrected chi connectivity index (χ3v) is 3.61. The average molecular weight is 284 g/mol. The Kier molecular flexibility index (Phi) is 5.17. The van der Waals surface area contributed by atoms with Crippen molar-refractivity contribution in [2.45, 2.75) is 13.0 Å². The molecule has 0 aliphatic rings. The number of rotatable bonds is 5. The standard InChI is InChI=1S/C12H16N2O4S/c1-8(7-19-3)13(2)12(16)10-6-9(15)4-5-11(10)14(17)18/h4-6,8,15H,7H2,1-3H3. The van der Waals surface area contributed by atoms with Crippen LogP contribution in [0, 0.1) is 10.1 Å². The molecule has 1 N–H and O–H groups in total. The highest BCUT2D eigenvalue weighted by Gasteiger charge is 2.25. The van der Waals surface area contributed by atoms with Gasteiger partial charge in [-0.3, -0.25) is 14.9 Å². The third-order valence-electron chi connectivity index (χ3n) is 2.80. The van der Waals surface area contributed by atoms with Gasteiger partial charge in [0.1, 0.15) is 11.3 Å². The molecular formula is C12H16N2O4S. The van der Waals surface area contributed by atoms with Gasteiger partial charge in [0.05, 0.1) is 4.92 Å². The molecule has 1 unspecified atom stereocenters. The van der Waals surface area contributed by atoms with Gasteiger partial charge in [-0.1, -0.05) is 0 Å². The van der Waals surface area contributed by atoms with Gasteiger partial charge in [0.25, 0.3) is 11.6 Å². The normalized spacial score (nSPS) is 11.9. The Hall–Kier alpha value is -1.76. The second kappa shape index (κ2) is 6.42. The van der Waals surface area contributed by atoms with Crippen LogP contribution in [0.5, 0.6) is 5.75 Å². The molecule has 0 aliphatic heterocycles. The van der Waals surface area contributed by atoms with Crippen molar-refractivity contribution >= 4 is 23.4 Å². The Bertz CT molecular complexity index is 493. The van der Waals surface area contributed by atoms with E-state index in [4.69, 9.17) is 0 Å². The lowest BCUT2D eigenvalue weighted by Crippen LogP contribution is -2.36. The minimum Gasteiger partial charge on any atom is -0.508 e. The lowest BCUT2D eigenvalue weighted by molar-refractivity contribution is -0.385. The predicted octanol–water partition coefficient (Wildman–Crippen LogP) is 2.12. The zero-order valence-corrected chi connectivity index (χ0v) is 11.8. The van der Waals surface area contributed by atoms with E-state index in [2.05, 4.69) is 0 Å². The van der Waals surface area contributed by atoms with Crippen molar-refractivity contribution < 1.29 is 14.8 Å². The molecule has 7 heteroatoms. The summed E-state index contributed by atoms with van der Waals surface area (Å²) in [5.74, 6) is 0.0958. The fourth-order valence-corrected chi connectivity index (χ4v) is 2.30. The first kappa shape index (κ1) is 15.3. The summed E-state index contributed by atoms with van der Waals surface area (Å²) in [7, 11) is 1.59. The molecule has 0 radical (unpaired) electrons. The van der Waals surface area contributed by atoms with E-state index in [1.54, 1.807) is 18.8 Å². The summed E-state index contributed by atoms with van der Waals surface area (Å²) < 4.78 is 0. The van der Waals surface area contributed by atoms with Gasteiger partial charge in [0, 0.05) is 24.9 Å². The van der Waals surface area contributed by atoms with E-state index >= 15 is 0 Å². The predicted molar refractivity (Wildman–Crippen MR) is 74.7 cm³/mol. The van der Waals surface area contributed by atoms with Crippen LogP contribution >= 0.6 is 11.8 Å². The molecule has 1 aromatic rings. The number of phenols is 1. The summed E-state index contributed by atoms with van der Waals surface area (Å²) in [4.78, 5) is 24.0. The molecule has 0 saturated heterocycles. The van der Waals surface area contributed by atoms with Crippen molar-refractivity contribution in [1.82, 2.24) is 4.90 Å². The molecule has 1 aromatic carbocycles. The Morgan fingerprint density at radius 3 is 2.74 bits per heavy atom. The number of hydrogen-bond acceptors (Lipinski definition) is 5. The maximum absolute atomic E-state index is 12.2. The maximum atomic E-state index is 12.2. The molecule has 0 fully saturated rings. The molecule has 0 saturated carbocycles. The molecule has 1 amide bonds.